The molecule has 0 saturated heterocycles. The molecule has 0 aromatic carbocycles. The van der Waals surface area contributed by atoms with Gasteiger partial charge in [0.15, 0.2) is 11.5 Å². The van der Waals surface area contributed by atoms with E-state index < -0.39 is 11.7 Å². The highest BCUT2D eigenvalue weighted by Crippen LogP contribution is 2.29. The number of hydrogen-bond acceptors (Lipinski definition) is 3. The minimum absolute atomic E-state index is 0.0731. The summed E-state index contributed by atoms with van der Waals surface area (Å²) < 4.78 is 39.3. The highest BCUT2D eigenvalue weighted by atomic mass is 19.4. The predicted molar refractivity (Wildman–Crippen MR) is 71.7 cm³/mol. The highest BCUT2D eigenvalue weighted by Gasteiger charge is 2.31. The van der Waals surface area contributed by atoms with Crippen molar-refractivity contribution < 1.29 is 18.0 Å². The fraction of sp³-hybridized carbons (Fsp3) is 0.357. The van der Waals surface area contributed by atoms with E-state index in [-0.39, 0.29) is 24.0 Å². The van der Waals surface area contributed by atoms with E-state index in [2.05, 4.69) is 15.5 Å². The van der Waals surface area contributed by atoms with Crippen molar-refractivity contribution in [3.05, 3.63) is 41.9 Å². The summed E-state index contributed by atoms with van der Waals surface area (Å²) in [5.74, 6) is 0.229. The van der Waals surface area contributed by atoms with Gasteiger partial charge in [-0.05, 0) is 25.0 Å². The zero-order valence-electron chi connectivity index (χ0n) is 11.5. The Balaban J connectivity index is 1.73. The van der Waals surface area contributed by atoms with Gasteiger partial charge in [-0.25, -0.2) is 0 Å². The van der Waals surface area contributed by atoms with Gasteiger partial charge in [0.25, 0.3) is 0 Å². The minimum Gasteiger partial charge on any atom is -0.349 e. The summed E-state index contributed by atoms with van der Waals surface area (Å²) in [6.07, 6.45) is 2.17. The van der Waals surface area contributed by atoms with E-state index in [1.54, 1.807) is 0 Å². The number of amides is 1. The van der Waals surface area contributed by atoms with Crippen LogP contribution in [0, 0.1) is 5.92 Å². The molecule has 1 amide bonds. The van der Waals surface area contributed by atoms with Crippen LogP contribution in [0.1, 0.15) is 24.2 Å². The second-order valence-electron chi connectivity index (χ2n) is 5.12. The van der Waals surface area contributed by atoms with Crippen LogP contribution in [0.2, 0.25) is 0 Å². The van der Waals surface area contributed by atoms with Gasteiger partial charge in [0.2, 0.25) is 5.91 Å². The van der Waals surface area contributed by atoms with Gasteiger partial charge in [-0.2, -0.15) is 13.2 Å². The van der Waals surface area contributed by atoms with Crippen molar-refractivity contribution in [3.8, 4) is 0 Å². The standard InChI is InChI=1S/C14H13F3N4O/c15-14(16,17)10-5-6-21-11(7-10)19-20-12(21)8-18-13(22)9-3-1-2-4-9/h1-2,5-7,9H,3-4,8H2,(H,18,22). The topological polar surface area (TPSA) is 59.3 Å². The lowest BCUT2D eigenvalue weighted by Gasteiger charge is -2.10. The van der Waals surface area contributed by atoms with Gasteiger partial charge >= 0.3 is 6.18 Å². The van der Waals surface area contributed by atoms with E-state index in [9.17, 15) is 18.0 Å². The SMILES string of the molecule is O=C(NCc1nnc2cc(C(F)(F)F)ccn12)C1CC=CC1. The van der Waals surface area contributed by atoms with Gasteiger partial charge in [-0.1, -0.05) is 12.2 Å². The molecule has 0 fully saturated rings. The molecule has 0 spiro atoms. The minimum atomic E-state index is -4.42. The maximum absolute atomic E-state index is 12.6. The molecule has 8 heteroatoms. The molecule has 0 radical (unpaired) electrons. The van der Waals surface area contributed by atoms with Crippen molar-refractivity contribution >= 4 is 11.6 Å². The van der Waals surface area contributed by atoms with Crippen molar-refractivity contribution in [3.63, 3.8) is 0 Å². The quantitative estimate of drug-likeness (QED) is 0.885. The Hall–Kier alpha value is -2.38. The maximum atomic E-state index is 12.6. The number of carbonyl (C=O) groups excluding carboxylic acids is 1. The monoisotopic (exact) mass is 310 g/mol. The third kappa shape index (κ3) is 2.81. The first-order chi connectivity index (χ1) is 10.4. The lowest BCUT2D eigenvalue weighted by molar-refractivity contribution is -0.137. The first kappa shape index (κ1) is 14.6. The second kappa shape index (κ2) is 5.43. The summed E-state index contributed by atoms with van der Waals surface area (Å²) in [6.45, 7) is 0.127. The summed E-state index contributed by atoms with van der Waals surface area (Å²) >= 11 is 0. The molecule has 1 aliphatic carbocycles. The van der Waals surface area contributed by atoms with Gasteiger partial charge < -0.3 is 5.32 Å². The molecule has 116 valence electrons. The molecule has 0 atom stereocenters. The number of alkyl halides is 3. The second-order valence-corrected chi connectivity index (χ2v) is 5.12. The predicted octanol–water partition coefficient (Wildman–Crippen LogP) is 2.33. The molecule has 2 aromatic heterocycles. The number of aromatic nitrogens is 3. The van der Waals surface area contributed by atoms with Crippen LogP contribution in [0.5, 0.6) is 0 Å². The summed E-state index contributed by atoms with van der Waals surface area (Å²) in [5.41, 5.74) is -0.679. The number of pyridine rings is 1. The fourth-order valence-electron chi connectivity index (χ4n) is 2.38. The number of nitrogens with zero attached hydrogens (tertiary/aromatic N) is 3. The van der Waals surface area contributed by atoms with Gasteiger partial charge in [0.05, 0.1) is 12.1 Å². The summed E-state index contributed by atoms with van der Waals surface area (Å²) in [5, 5.41) is 10.3. The average molecular weight is 310 g/mol. The molecule has 5 nitrogen and oxygen atoms in total. The third-order valence-corrected chi connectivity index (χ3v) is 3.61. The summed E-state index contributed by atoms with van der Waals surface area (Å²) in [6, 6.07) is 1.89. The van der Waals surface area contributed by atoms with E-state index in [4.69, 9.17) is 0 Å². The smallest absolute Gasteiger partial charge is 0.349 e. The third-order valence-electron chi connectivity index (χ3n) is 3.61. The molecular weight excluding hydrogens is 297 g/mol. The van der Waals surface area contributed by atoms with Crippen LogP contribution in [0.3, 0.4) is 0 Å². The number of halogens is 3. The normalized spacial score (nSPS) is 15.6. The average Bonchev–Trinajstić information content (AvgIpc) is 3.13. The molecule has 0 saturated carbocycles. The van der Waals surface area contributed by atoms with Gasteiger partial charge in [-0.3, -0.25) is 9.20 Å². The van der Waals surface area contributed by atoms with E-state index >= 15 is 0 Å². The Kier molecular flexibility index (Phi) is 3.59. The van der Waals surface area contributed by atoms with Gasteiger partial charge in [0, 0.05) is 12.1 Å². The van der Waals surface area contributed by atoms with E-state index in [0.29, 0.717) is 18.7 Å². The first-order valence-electron chi connectivity index (χ1n) is 6.79. The molecule has 1 aliphatic rings. The van der Waals surface area contributed by atoms with Crippen molar-refractivity contribution in [2.45, 2.75) is 25.6 Å². The number of nitrogens with one attached hydrogen (secondary N) is 1. The lowest BCUT2D eigenvalue weighted by atomic mass is 10.1. The Labute approximate surface area is 123 Å². The van der Waals surface area contributed by atoms with Crippen molar-refractivity contribution in [2.75, 3.05) is 0 Å². The van der Waals surface area contributed by atoms with Crippen LogP contribution in [-0.4, -0.2) is 20.5 Å². The molecule has 0 unspecified atom stereocenters. The summed E-state index contributed by atoms with van der Waals surface area (Å²) in [4.78, 5) is 11.9. The van der Waals surface area contributed by atoms with Crippen LogP contribution >= 0.6 is 0 Å². The number of hydrogen-bond donors (Lipinski definition) is 1. The molecule has 2 aromatic rings. The molecule has 0 bridgehead atoms. The van der Waals surface area contributed by atoms with Crippen LogP contribution in [0.4, 0.5) is 13.2 Å². The first-order valence-corrected chi connectivity index (χ1v) is 6.79. The fourth-order valence-corrected chi connectivity index (χ4v) is 2.38. The summed E-state index contributed by atoms with van der Waals surface area (Å²) in [7, 11) is 0. The zero-order valence-corrected chi connectivity index (χ0v) is 11.5. The zero-order chi connectivity index (χ0) is 15.7. The maximum Gasteiger partial charge on any atom is 0.416 e. The lowest BCUT2D eigenvalue weighted by Crippen LogP contribution is -2.29. The van der Waals surface area contributed by atoms with Crippen LogP contribution in [0.25, 0.3) is 5.65 Å². The molecule has 3 rings (SSSR count). The van der Waals surface area contributed by atoms with Gasteiger partial charge in [-0.15, -0.1) is 10.2 Å². The molecule has 0 aliphatic heterocycles. The molecule has 1 N–H and O–H groups in total. The van der Waals surface area contributed by atoms with Crippen LogP contribution < -0.4 is 5.32 Å². The largest absolute Gasteiger partial charge is 0.416 e. The van der Waals surface area contributed by atoms with Crippen LogP contribution in [0.15, 0.2) is 30.5 Å². The molecular formula is C14H13F3N4O. The molecule has 2 heterocycles. The van der Waals surface area contributed by atoms with E-state index in [1.807, 2.05) is 12.2 Å². The molecule has 22 heavy (non-hydrogen) atoms. The van der Waals surface area contributed by atoms with Crippen molar-refractivity contribution in [2.24, 2.45) is 5.92 Å². The van der Waals surface area contributed by atoms with Crippen molar-refractivity contribution in [1.29, 1.82) is 0 Å². The highest BCUT2D eigenvalue weighted by molar-refractivity contribution is 5.79. The van der Waals surface area contributed by atoms with Gasteiger partial charge in [0.1, 0.15) is 0 Å². The Morgan fingerprint density at radius 3 is 2.73 bits per heavy atom. The number of rotatable bonds is 3. The Morgan fingerprint density at radius 1 is 1.32 bits per heavy atom. The number of carbonyl (C=O) groups is 1. The number of allylic oxidation sites excluding steroid dienone is 2. The number of fused-ring (bicyclic) bond motifs is 1. The van der Waals surface area contributed by atoms with E-state index in [0.717, 1.165) is 12.1 Å². The van der Waals surface area contributed by atoms with Crippen LogP contribution in [-0.2, 0) is 17.5 Å². The van der Waals surface area contributed by atoms with E-state index in [1.165, 1.54) is 10.6 Å². The Morgan fingerprint density at radius 2 is 2.05 bits per heavy atom. The van der Waals surface area contributed by atoms with Crippen molar-refractivity contribution in [1.82, 2.24) is 19.9 Å². The Bertz CT molecular complexity index is 727.